The van der Waals surface area contributed by atoms with Gasteiger partial charge in [-0.3, -0.25) is 0 Å². The van der Waals surface area contributed by atoms with Gasteiger partial charge in [0.1, 0.15) is 0 Å². The Morgan fingerprint density at radius 1 is 1.31 bits per heavy atom. The van der Waals surface area contributed by atoms with Gasteiger partial charge in [0.2, 0.25) is 0 Å². The van der Waals surface area contributed by atoms with Crippen LogP contribution in [0.2, 0.25) is 0 Å². The summed E-state index contributed by atoms with van der Waals surface area (Å²) in [5.74, 6) is 0. The Balaban J connectivity index is 0. The normalized spacial score (nSPS) is 13.9. The second kappa shape index (κ2) is 10.1. The van der Waals surface area contributed by atoms with Crippen LogP contribution < -0.4 is 0 Å². The summed E-state index contributed by atoms with van der Waals surface area (Å²) in [6.07, 6.45) is 9.68. The molecule has 0 heterocycles. The van der Waals surface area contributed by atoms with Crippen LogP contribution in [-0.4, -0.2) is 20.0 Å². The second-order valence-corrected chi connectivity index (χ2v) is 7.01. The summed E-state index contributed by atoms with van der Waals surface area (Å²) in [7, 11) is 0.380. The molecule has 0 saturated heterocycles. The molecular weight excluding hydrogens is 250 g/mol. The van der Waals surface area contributed by atoms with Crippen molar-refractivity contribution >= 4 is 7.92 Å². The average Bonchev–Trinajstić information content (AvgIpc) is 2.55. The van der Waals surface area contributed by atoms with E-state index in [4.69, 9.17) is 0 Å². The van der Waals surface area contributed by atoms with Crippen molar-refractivity contribution in [2.24, 2.45) is 0 Å². The fourth-order valence-electron chi connectivity index (χ4n) is 0.972. The summed E-state index contributed by atoms with van der Waals surface area (Å²) in [6.45, 7) is 14.7. The largest absolute Gasteiger partial charge is 0.116 e. The van der Waals surface area contributed by atoms with E-state index >= 15 is 0 Å². The Bertz CT molecular complexity index is 293. The van der Waals surface area contributed by atoms with Gasteiger partial charge in [0.15, 0.2) is 0 Å². The monoisotopic (exact) mass is 273 g/mol. The zero-order valence-electron chi connectivity index (χ0n) is 11.1. The summed E-state index contributed by atoms with van der Waals surface area (Å²) in [4.78, 5) is 0. The number of hydrogen-bond acceptors (Lipinski definition) is 0. The first-order valence-electron chi connectivity index (χ1n) is 5.24. The number of hydrogen-bond donors (Lipinski definition) is 0. The van der Waals surface area contributed by atoms with E-state index in [0.717, 1.165) is 12.0 Å². The molecule has 0 spiro atoms. The van der Waals surface area contributed by atoms with E-state index in [9.17, 15) is 0 Å². The van der Waals surface area contributed by atoms with E-state index < -0.39 is 0 Å². The maximum Gasteiger partial charge on any atom is 0 e. The van der Waals surface area contributed by atoms with Gasteiger partial charge in [-0.25, -0.2) is 0 Å². The van der Waals surface area contributed by atoms with E-state index in [1.807, 2.05) is 6.92 Å². The molecule has 1 aliphatic carbocycles. The fourth-order valence-corrected chi connectivity index (χ4v) is 0.972. The van der Waals surface area contributed by atoms with Crippen molar-refractivity contribution < 1.29 is 18.6 Å². The molecule has 0 aromatic carbocycles. The van der Waals surface area contributed by atoms with Gasteiger partial charge in [0.05, 0.1) is 0 Å². The van der Waals surface area contributed by atoms with Crippen LogP contribution in [0.15, 0.2) is 47.6 Å². The molecular formula is C14H23PV. The van der Waals surface area contributed by atoms with Gasteiger partial charge < -0.3 is 0 Å². The summed E-state index contributed by atoms with van der Waals surface area (Å²) in [5, 5.41) is 0. The Hall–Kier alpha value is -0.0256. The van der Waals surface area contributed by atoms with Crippen molar-refractivity contribution in [3.05, 3.63) is 47.6 Å². The van der Waals surface area contributed by atoms with Gasteiger partial charge in [-0.05, 0) is 51.4 Å². The summed E-state index contributed by atoms with van der Waals surface area (Å²) < 4.78 is 0. The van der Waals surface area contributed by atoms with Crippen molar-refractivity contribution in [1.29, 1.82) is 0 Å². The standard InChI is InChI=1S/C11H14.C3H9P.V/c1-9(2)10(3)8-11-6-4-5-7-11;1-4(2)3;/h4-6,8H,1,7H2,2-3H3;1-3H3;. The first-order valence-corrected chi connectivity index (χ1v) is 7.92. The van der Waals surface area contributed by atoms with Crippen LogP contribution in [-0.2, 0) is 18.6 Å². The van der Waals surface area contributed by atoms with Crippen molar-refractivity contribution in [2.75, 3.05) is 20.0 Å². The first kappa shape index (κ1) is 18.3. The molecule has 0 bridgehead atoms. The quantitative estimate of drug-likeness (QED) is 0.503. The molecule has 0 aromatic heterocycles. The summed E-state index contributed by atoms with van der Waals surface area (Å²) >= 11 is 0. The molecule has 0 aromatic rings. The topological polar surface area (TPSA) is 0 Å². The maximum absolute atomic E-state index is 3.88. The molecule has 1 radical (unpaired) electrons. The minimum atomic E-state index is 0. The van der Waals surface area contributed by atoms with Gasteiger partial charge in [0, 0.05) is 18.6 Å². The minimum absolute atomic E-state index is 0. The van der Waals surface area contributed by atoms with Crippen LogP contribution in [0.5, 0.6) is 0 Å². The predicted molar refractivity (Wildman–Crippen MR) is 75.1 cm³/mol. The van der Waals surface area contributed by atoms with E-state index in [2.05, 4.69) is 57.8 Å². The van der Waals surface area contributed by atoms with Gasteiger partial charge in [-0.1, -0.05) is 36.5 Å². The Labute approximate surface area is 114 Å². The second-order valence-electron chi connectivity index (χ2n) is 4.32. The van der Waals surface area contributed by atoms with Crippen LogP contribution in [0.25, 0.3) is 0 Å². The van der Waals surface area contributed by atoms with E-state index in [1.165, 1.54) is 11.1 Å². The third kappa shape index (κ3) is 10.5. The van der Waals surface area contributed by atoms with Crippen LogP contribution in [0.1, 0.15) is 20.3 Å². The maximum atomic E-state index is 3.88. The van der Waals surface area contributed by atoms with Crippen LogP contribution in [0, 0.1) is 0 Å². The molecule has 0 unspecified atom stereocenters. The number of allylic oxidation sites excluding steroid dienone is 7. The molecule has 0 N–H and O–H groups in total. The Morgan fingerprint density at radius 3 is 2.12 bits per heavy atom. The van der Waals surface area contributed by atoms with Gasteiger partial charge in [-0.2, -0.15) is 0 Å². The van der Waals surface area contributed by atoms with Crippen molar-refractivity contribution in [1.82, 2.24) is 0 Å². The zero-order valence-corrected chi connectivity index (χ0v) is 13.4. The van der Waals surface area contributed by atoms with Crippen molar-refractivity contribution in [2.45, 2.75) is 20.3 Å². The third-order valence-electron chi connectivity index (χ3n) is 1.88. The van der Waals surface area contributed by atoms with Crippen molar-refractivity contribution in [3.8, 4) is 0 Å². The zero-order chi connectivity index (χ0) is 11.8. The van der Waals surface area contributed by atoms with Crippen LogP contribution >= 0.6 is 7.92 Å². The predicted octanol–water partition coefficient (Wildman–Crippen LogP) is 4.75. The van der Waals surface area contributed by atoms with Crippen LogP contribution in [0.4, 0.5) is 0 Å². The summed E-state index contributed by atoms with van der Waals surface area (Å²) in [6, 6.07) is 0. The molecule has 0 fully saturated rings. The molecule has 0 nitrogen and oxygen atoms in total. The molecule has 0 saturated carbocycles. The molecule has 16 heavy (non-hydrogen) atoms. The van der Waals surface area contributed by atoms with Crippen molar-refractivity contribution in [3.63, 3.8) is 0 Å². The van der Waals surface area contributed by atoms with Crippen LogP contribution in [0.3, 0.4) is 0 Å². The molecule has 2 heteroatoms. The Morgan fingerprint density at radius 2 is 1.81 bits per heavy atom. The SMILES string of the molecule is C=C(C)C(C)=CC1=CC=CC1.CP(C)C.[V]. The number of rotatable bonds is 2. The molecule has 0 aliphatic heterocycles. The first-order chi connectivity index (χ1) is 6.93. The van der Waals surface area contributed by atoms with E-state index in [0.29, 0.717) is 7.92 Å². The minimum Gasteiger partial charge on any atom is -0.116 e. The average molecular weight is 273 g/mol. The fraction of sp³-hybridized carbons (Fsp3) is 0.429. The summed E-state index contributed by atoms with van der Waals surface area (Å²) in [5.41, 5.74) is 3.81. The Kier molecular flexibility index (Phi) is 11.6. The molecule has 1 aliphatic rings. The third-order valence-corrected chi connectivity index (χ3v) is 1.88. The van der Waals surface area contributed by atoms with Gasteiger partial charge in [0.25, 0.3) is 0 Å². The smallest absolute Gasteiger partial charge is 0 e. The van der Waals surface area contributed by atoms with E-state index in [-0.39, 0.29) is 18.6 Å². The molecule has 0 amide bonds. The molecule has 0 atom stereocenters. The molecule has 89 valence electrons. The van der Waals surface area contributed by atoms with Gasteiger partial charge >= 0.3 is 0 Å². The van der Waals surface area contributed by atoms with Gasteiger partial charge in [-0.15, -0.1) is 7.92 Å². The van der Waals surface area contributed by atoms with E-state index in [1.54, 1.807) is 0 Å². The molecule has 1 rings (SSSR count).